The molecule has 0 radical (unpaired) electrons. The van der Waals surface area contributed by atoms with Crippen LogP contribution in [0, 0.1) is 6.92 Å². The van der Waals surface area contributed by atoms with Crippen molar-refractivity contribution in [3.05, 3.63) is 65.4 Å². The molecule has 10 heteroatoms. The van der Waals surface area contributed by atoms with Crippen LogP contribution in [0.2, 0.25) is 0 Å². The number of nitrogens with one attached hydrogen (secondary N) is 2. The number of para-hydroxylation sites is 1. The van der Waals surface area contributed by atoms with Gasteiger partial charge in [0.1, 0.15) is 5.70 Å². The molecular formula is C21H23N3O6S. The molecule has 0 aromatic heterocycles. The first-order valence-corrected chi connectivity index (χ1v) is 10.9. The number of rotatable bonds is 8. The van der Waals surface area contributed by atoms with Gasteiger partial charge < -0.3 is 20.1 Å². The van der Waals surface area contributed by atoms with Crippen LogP contribution in [0.4, 0.5) is 11.4 Å². The number of carbonyl (C=O) groups is 2. The summed E-state index contributed by atoms with van der Waals surface area (Å²) in [7, 11) is -2.59. The van der Waals surface area contributed by atoms with Gasteiger partial charge in [0.2, 0.25) is 0 Å². The average molecular weight is 445 g/mol. The maximum atomic E-state index is 12.7. The standard InChI is InChI=1S/C21H23N3O6S/c1-14-5-3-4-6-18(14)23-31(28,29)16-9-7-15(8-10-16)22-19-17(21(27)30-2)13-24(11-12-25)20(19)26/h3-10,22-23,25H,11-13H2,1-2H3. The van der Waals surface area contributed by atoms with E-state index in [1.807, 2.05) is 6.07 Å². The van der Waals surface area contributed by atoms with Gasteiger partial charge in [0.15, 0.2) is 0 Å². The van der Waals surface area contributed by atoms with E-state index >= 15 is 0 Å². The highest BCUT2D eigenvalue weighted by Gasteiger charge is 2.34. The van der Waals surface area contributed by atoms with Crippen LogP contribution in [0.25, 0.3) is 0 Å². The maximum absolute atomic E-state index is 12.7. The largest absolute Gasteiger partial charge is 0.466 e. The van der Waals surface area contributed by atoms with Gasteiger partial charge in [-0.1, -0.05) is 18.2 Å². The fourth-order valence-electron chi connectivity index (χ4n) is 3.10. The molecule has 1 heterocycles. The summed E-state index contributed by atoms with van der Waals surface area (Å²) in [5.41, 5.74) is 1.87. The van der Waals surface area contributed by atoms with Gasteiger partial charge in [-0.3, -0.25) is 9.52 Å². The second-order valence-electron chi connectivity index (χ2n) is 6.87. The minimum absolute atomic E-state index is 0.0151. The number of ether oxygens (including phenoxy) is 1. The third kappa shape index (κ3) is 4.86. The number of benzene rings is 2. The Balaban J connectivity index is 1.81. The number of β-amino-alcohol motifs (C(OH)–C–C–N with tert-alkyl or cyclic N) is 1. The van der Waals surface area contributed by atoms with E-state index < -0.39 is 21.9 Å². The quantitative estimate of drug-likeness (QED) is 0.526. The van der Waals surface area contributed by atoms with Crippen molar-refractivity contribution in [1.29, 1.82) is 0 Å². The second-order valence-corrected chi connectivity index (χ2v) is 8.55. The number of anilines is 2. The van der Waals surface area contributed by atoms with Crippen LogP contribution in [0.3, 0.4) is 0 Å². The lowest BCUT2D eigenvalue weighted by Crippen LogP contribution is -2.31. The molecule has 0 aliphatic carbocycles. The van der Waals surface area contributed by atoms with E-state index in [2.05, 4.69) is 10.0 Å². The molecule has 0 atom stereocenters. The number of aliphatic hydroxyl groups excluding tert-OH is 1. The number of methoxy groups -OCH3 is 1. The normalized spacial score (nSPS) is 14.0. The molecule has 1 aliphatic rings. The highest BCUT2D eigenvalue weighted by Crippen LogP contribution is 2.24. The molecule has 0 saturated carbocycles. The number of carbonyl (C=O) groups excluding carboxylic acids is 2. The smallest absolute Gasteiger partial charge is 0.337 e. The van der Waals surface area contributed by atoms with Gasteiger partial charge in [-0.2, -0.15) is 0 Å². The SMILES string of the molecule is COC(=O)C1=C(Nc2ccc(S(=O)(=O)Nc3ccccc3C)cc2)C(=O)N(CCO)C1. The maximum Gasteiger partial charge on any atom is 0.337 e. The van der Waals surface area contributed by atoms with Crippen molar-refractivity contribution < 1.29 is 27.9 Å². The fraction of sp³-hybridized carbons (Fsp3) is 0.238. The zero-order valence-corrected chi connectivity index (χ0v) is 17.9. The predicted octanol–water partition coefficient (Wildman–Crippen LogP) is 1.47. The summed E-state index contributed by atoms with van der Waals surface area (Å²) in [5.74, 6) is -1.11. The molecule has 9 nitrogen and oxygen atoms in total. The van der Waals surface area contributed by atoms with Crippen molar-refractivity contribution in [2.24, 2.45) is 0 Å². The molecule has 164 valence electrons. The second kappa shape index (κ2) is 9.19. The van der Waals surface area contributed by atoms with Gasteiger partial charge in [-0.15, -0.1) is 0 Å². The Morgan fingerprint density at radius 3 is 2.45 bits per heavy atom. The molecule has 0 bridgehead atoms. The van der Waals surface area contributed by atoms with Crippen LogP contribution in [-0.4, -0.2) is 57.1 Å². The van der Waals surface area contributed by atoms with Crippen LogP contribution in [0.15, 0.2) is 64.7 Å². The summed E-state index contributed by atoms with van der Waals surface area (Å²) in [6.07, 6.45) is 0. The highest BCUT2D eigenvalue weighted by atomic mass is 32.2. The Labute approximate surface area is 180 Å². The Bertz CT molecular complexity index is 1130. The first kappa shape index (κ1) is 22.3. The fourth-order valence-corrected chi connectivity index (χ4v) is 4.23. The zero-order valence-electron chi connectivity index (χ0n) is 17.1. The summed E-state index contributed by atoms with van der Waals surface area (Å²) in [5, 5.41) is 12.0. The Kier molecular flexibility index (Phi) is 6.62. The molecule has 3 rings (SSSR count). The summed E-state index contributed by atoms with van der Waals surface area (Å²) in [6.45, 7) is 1.65. The summed E-state index contributed by atoms with van der Waals surface area (Å²) in [6, 6.07) is 12.8. The molecule has 1 aliphatic heterocycles. The Morgan fingerprint density at radius 2 is 1.84 bits per heavy atom. The van der Waals surface area contributed by atoms with E-state index in [-0.39, 0.29) is 35.9 Å². The molecule has 3 N–H and O–H groups in total. The first-order valence-electron chi connectivity index (χ1n) is 9.44. The number of hydrogen-bond acceptors (Lipinski definition) is 7. The van der Waals surface area contributed by atoms with Crippen LogP contribution in [0.1, 0.15) is 5.56 Å². The van der Waals surface area contributed by atoms with Crippen LogP contribution in [-0.2, 0) is 24.3 Å². The molecule has 31 heavy (non-hydrogen) atoms. The van der Waals surface area contributed by atoms with Crippen molar-refractivity contribution in [1.82, 2.24) is 4.90 Å². The van der Waals surface area contributed by atoms with Gasteiger partial charge in [0.05, 0.1) is 36.4 Å². The highest BCUT2D eigenvalue weighted by molar-refractivity contribution is 7.92. The number of esters is 1. The summed E-state index contributed by atoms with van der Waals surface area (Å²) in [4.78, 5) is 26.0. The molecule has 2 aromatic carbocycles. The van der Waals surface area contributed by atoms with Crippen molar-refractivity contribution in [3.63, 3.8) is 0 Å². The number of amides is 1. The molecule has 0 spiro atoms. The van der Waals surface area contributed by atoms with E-state index in [0.29, 0.717) is 11.4 Å². The van der Waals surface area contributed by atoms with Crippen LogP contribution >= 0.6 is 0 Å². The monoisotopic (exact) mass is 445 g/mol. The molecular weight excluding hydrogens is 422 g/mol. The van der Waals surface area contributed by atoms with Gasteiger partial charge in [-0.05, 0) is 42.8 Å². The number of nitrogens with zero attached hydrogens (tertiary/aromatic N) is 1. The van der Waals surface area contributed by atoms with Gasteiger partial charge in [0, 0.05) is 12.2 Å². The van der Waals surface area contributed by atoms with E-state index in [1.165, 1.54) is 36.3 Å². The topological polar surface area (TPSA) is 125 Å². The lowest BCUT2D eigenvalue weighted by molar-refractivity contribution is -0.136. The number of aryl methyl sites for hydroxylation is 1. The predicted molar refractivity (Wildman–Crippen MR) is 115 cm³/mol. The molecule has 0 fully saturated rings. The summed E-state index contributed by atoms with van der Waals surface area (Å²) < 4.78 is 32.6. The van der Waals surface area contributed by atoms with Gasteiger partial charge >= 0.3 is 5.97 Å². The third-order valence-electron chi connectivity index (χ3n) is 4.78. The molecule has 0 unspecified atom stereocenters. The Morgan fingerprint density at radius 1 is 1.16 bits per heavy atom. The van der Waals surface area contributed by atoms with E-state index in [4.69, 9.17) is 9.84 Å². The Hall–Kier alpha value is -3.37. The zero-order chi connectivity index (χ0) is 22.6. The molecule has 0 saturated heterocycles. The lowest BCUT2D eigenvalue weighted by atomic mass is 10.2. The first-order chi connectivity index (χ1) is 14.8. The number of hydrogen-bond donors (Lipinski definition) is 3. The van der Waals surface area contributed by atoms with Crippen LogP contribution in [0.5, 0.6) is 0 Å². The van der Waals surface area contributed by atoms with E-state index in [1.54, 1.807) is 25.1 Å². The average Bonchev–Trinajstić information content (AvgIpc) is 3.05. The third-order valence-corrected chi connectivity index (χ3v) is 6.16. The summed E-state index contributed by atoms with van der Waals surface area (Å²) >= 11 is 0. The van der Waals surface area contributed by atoms with Gasteiger partial charge in [0.25, 0.3) is 15.9 Å². The van der Waals surface area contributed by atoms with E-state index in [9.17, 15) is 18.0 Å². The van der Waals surface area contributed by atoms with Crippen molar-refractivity contribution in [2.45, 2.75) is 11.8 Å². The van der Waals surface area contributed by atoms with E-state index in [0.717, 1.165) is 5.56 Å². The van der Waals surface area contributed by atoms with Gasteiger partial charge in [-0.25, -0.2) is 13.2 Å². The minimum Gasteiger partial charge on any atom is -0.466 e. The number of aliphatic hydroxyl groups is 1. The molecule has 1 amide bonds. The van der Waals surface area contributed by atoms with Crippen molar-refractivity contribution >= 4 is 33.3 Å². The van der Waals surface area contributed by atoms with Crippen molar-refractivity contribution in [3.8, 4) is 0 Å². The number of sulfonamides is 1. The lowest BCUT2D eigenvalue weighted by Gasteiger charge is -2.15. The van der Waals surface area contributed by atoms with Crippen LogP contribution < -0.4 is 10.0 Å². The van der Waals surface area contributed by atoms with Crippen molar-refractivity contribution in [2.75, 3.05) is 36.8 Å². The molecule has 2 aromatic rings. The minimum atomic E-state index is -3.80.